The lowest BCUT2D eigenvalue weighted by molar-refractivity contribution is -0.119. The van der Waals surface area contributed by atoms with Crippen molar-refractivity contribution in [2.45, 2.75) is 32.8 Å². The van der Waals surface area contributed by atoms with Gasteiger partial charge in [-0.3, -0.25) is 4.79 Å². The van der Waals surface area contributed by atoms with E-state index in [0.29, 0.717) is 16.8 Å². The Kier molecular flexibility index (Phi) is 7.16. The number of benzene rings is 2. The van der Waals surface area contributed by atoms with Crippen LogP contribution in [0.15, 0.2) is 48.5 Å². The first-order valence-corrected chi connectivity index (χ1v) is 8.38. The van der Waals surface area contributed by atoms with Gasteiger partial charge in [-0.2, -0.15) is 0 Å². The number of aliphatic hydroxyl groups excluding tert-OH is 1. The summed E-state index contributed by atoms with van der Waals surface area (Å²) < 4.78 is 5.00. The molecule has 0 radical (unpaired) electrons. The first-order valence-electron chi connectivity index (χ1n) is 8.38. The average molecular weight is 341 g/mol. The molecule has 0 aromatic heterocycles. The fourth-order valence-electron chi connectivity index (χ4n) is 2.29. The van der Waals surface area contributed by atoms with E-state index in [9.17, 15) is 9.59 Å². The van der Waals surface area contributed by atoms with Gasteiger partial charge in [-0.25, -0.2) is 4.79 Å². The molecule has 132 valence electrons. The number of rotatable bonds is 8. The van der Waals surface area contributed by atoms with Crippen LogP contribution in [-0.2, 0) is 22.6 Å². The van der Waals surface area contributed by atoms with Crippen molar-refractivity contribution < 1.29 is 19.4 Å². The van der Waals surface area contributed by atoms with E-state index in [4.69, 9.17) is 9.84 Å². The summed E-state index contributed by atoms with van der Waals surface area (Å²) >= 11 is 0. The second-order valence-corrected chi connectivity index (χ2v) is 5.78. The quantitative estimate of drug-likeness (QED) is 0.722. The van der Waals surface area contributed by atoms with E-state index in [1.165, 1.54) is 5.56 Å². The molecule has 25 heavy (non-hydrogen) atoms. The van der Waals surface area contributed by atoms with Gasteiger partial charge in [0.1, 0.15) is 0 Å². The molecule has 1 amide bonds. The first-order chi connectivity index (χ1) is 12.1. The normalized spacial score (nSPS) is 10.3. The van der Waals surface area contributed by atoms with E-state index in [1.807, 2.05) is 24.3 Å². The maximum atomic E-state index is 11.9. The van der Waals surface area contributed by atoms with Crippen LogP contribution in [0.3, 0.4) is 0 Å². The van der Waals surface area contributed by atoms with Crippen molar-refractivity contribution in [1.82, 2.24) is 0 Å². The van der Waals surface area contributed by atoms with Crippen molar-refractivity contribution in [1.29, 1.82) is 0 Å². The molecule has 0 bridgehead atoms. The number of carbonyl (C=O) groups is 2. The highest BCUT2D eigenvalue weighted by molar-refractivity contribution is 5.95. The van der Waals surface area contributed by atoms with Crippen LogP contribution < -0.4 is 5.32 Å². The Morgan fingerprint density at radius 3 is 2.24 bits per heavy atom. The number of anilines is 1. The van der Waals surface area contributed by atoms with Crippen molar-refractivity contribution in [3.63, 3.8) is 0 Å². The molecule has 0 saturated carbocycles. The Balaban J connectivity index is 1.80. The van der Waals surface area contributed by atoms with Gasteiger partial charge in [0.05, 0.1) is 12.2 Å². The smallest absolute Gasteiger partial charge is 0.338 e. The number of esters is 1. The predicted molar refractivity (Wildman–Crippen MR) is 96.3 cm³/mol. The molecule has 2 N–H and O–H groups in total. The Bertz CT molecular complexity index is 693. The molecule has 0 aliphatic rings. The fourth-order valence-corrected chi connectivity index (χ4v) is 2.29. The number of aryl methyl sites for hydroxylation is 1. The number of amides is 1. The third kappa shape index (κ3) is 6.04. The van der Waals surface area contributed by atoms with E-state index >= 15 is 0 Å². The van der Waals surface area contributed by atoms with E-state index in [2.05, 4.69) is 12.2 Å². The monoisotopic (exact) mass is 341 g/mol. The highest BCUT2D eigenvalue weighted by atomic mass is 16.5. The van der Waals surface area contributed by atoms with Crippen molar-refractivity contribution in [3.05, 3.63) is 65.2 Å². The first kappa shape index (κ1) is 18.7. The maximum absolute atomic E-state index is 11.9. The average Bonchev–Trinajstić information content (AvgIpc) is 2.65. The lowest BCUT2D eigenvalue weighted by Crippen LogP contribution is -2.20. The molecule has 2 rings (SSSR count). The zero-order chi connectivity index (χ0) is 18.1. The van der Waals surface area contributed by atoms with E-state index in [0.717, 1.165) is 19.3 Å². The zero-order valence-corrected chi connectivity index (χ0v) is 14.3. The molecular weight excluding hydrogens is 318 g/mol. The Labute approximate surface area is 147 Å². The van der Waals surface area contributed by atoms with Crippen LogP contribution in [-0.4, -0.2) is 23.6 Å². The minimum atomic E-state index is -0.574. The Hall–Kier alpha value is -2.66. The second kappa shape index (κ2) is 9.59. The lowest BCUT2D eigenvalue weighted by Gasteiger charge is -2.08. The molecule has 5 heteroatoms. The summed E-state index contributed by atoms with van der Waals surface area (Å²) in [6.45, 7) is 1.71. The van der Waals surface area contributed by atoms with Crippen molar-refractivity contribution in [3.8, 4) is 0 Å². The lowest BCUT2D eigenvalue weighted by atomic mass is 10.1. The Morgan fingerprint density at radius 1 is 1.00 bits per heavy atom. The number of nitrogens with one attached hydrogen (secondary N) is 1. The van der Waals surface area contributed by atoms with Gasteiger partial charge in [-0.05, 0) is 48.2 Å². The van der Waals surface area contributed by atoms with Gasteiger partial charge in [0.15, 0.2) is 6.61 Å². The summed E-state index contributed by atoms with van der Waals surface area (Å²) in [5, 5.41) is 11.7. The van der Waals surface area contributed by atoms with E-state index in [1.54, 1.807) is 24.3 Å². The number of ether oxygens (including phenoxy) is 1. The largest absolute Gasteiger partial charge is 0.452 e. The molecule has 0 atom stereocenters. The van der Waals surface area contributed by atoms with Crippen LogP contribution in [0.1, 0.15) is 41.3 Å². The molecule has 0 saturated heterocycles. The number of aliphatic hydroxyl groups is 1. The van der Waals surface area contributed by atoms with E-state index in [-0.39, 0.29) is 19.1 Å². The number of carbonyl (C=O) groups excluding carboxylic acids is 2. The van der Waals surface area contributed by atoms with Crippen LogP contribution in [0.2, 0.25) is 0 Å². The minimum Gasteiger partial charge on any atom is -0.452 e. The van der Waals surface area contributed by atoms with Crippen LogP contribution in [0.4, 0.5) is 5.69 Å². The summed E-state index contributed by atoms with van der Waals surface area (Å²) in [7, 11) is 0. The van der Waals surface area contributed by atoms with Gasteiger partial charge in [0.25, 0.3) is 5.91 Å². The molecule has 0 spiro atoms. The minimum absolute atomic E-state index is 0.0883. The molecule has 0 aliphatic carbocycles. The van der Waals surface area contributed by atoms with Gasteiger partial charge in [-0.1, -0.05) is 37.6 Å². The zero-order valence-electron chi connectivity index (χ0n) is 14.3. The molecule has 2 aromatic rings. The van der Waals surface area contributed by atoms with Crippen molar-refractivity contribution >= 4 is 17.6 Å². The highest BCUT2D eigenvalue weighted by Crippen LogP contribution is 2.12. The summed E-state index contributed by atoms with van der Waals surface area (Å²) in [6.07, 6.45) is 3.31. The molecule has 0 aliphatic heterocycles. The number of hydrogen-bond donors (Lipinski definition) is 2. The summed E-state index contributed by atoms with van der Waals surface area (Å²) in [5.41, 5.74) is 2.95. The van der Waals surface area contributed by atoms with Crippen LogP contribution in [0, 0.1) is 0 Å². The third-order valence-electron chi connectivity index (χ3n) is 3.76. The van der Waals surface area contributed by atoms with Gasteiger partial charge in [0, 0.05) is 5.69 Å². The van der Waals surface area contributed by atoms with Gasteiger partial charge in [-0.15, -0.1) is 0 Å². The third-order valence-corrected chi connectivity index (χ3v) is 3.76. The standard InChI is InChI=1S/C20H23NO4/c1-2-3-4-15-7-11-18(12-8-15)21-19(23)14-25-20(24)17-9-5-16(13-22)6-10-17/h5-12,22H,2-4,13-14H2,1H3,(H,21,23). The van der Waals surface area contributed by atoms with E-state index < -0.39 is 5.97 Å². The second-order valence-electron chi connectivity index (χ2n) is 5.78. The highest BCUT2D eigenvalue weighted by Gasteiger charge is 2.10. The number of hydrogen-bond acceptors (Lipinski definition) is 4. The predicted octanol–water partition coefficient (Wildman–Crippen LogP) is 3.32. The molecule has 0 unspecified atom stereocenters. The molecule has 5 nitrogen and oxygen atoms in total. The van der Waals surface area contributed by atoms with Crippen molar-refractivity contribution in [2.75, 3.05) is 11.9 Å². The van der Waals surface area contributed by atoms with Crippen molar-refractivity contribution in [2.24, 2.45) is 0 Å². The molecular formula is C20H23NO4. The van der Waals surface area contributed by atoms with Gasteiger partial charge < -0.3 is 15.2 Å². The number of unbranched alkanes of at least 4 members (excludes halogenated alkanes) is 1. The SMILES string of the molecule is CCCCc1ccc(NC(=O)COC(=O)c2ccc(CO)cc2)cc1. The Morgan fingerprint density at radius 2 is 1.64 bits per heavy atom. The van der Waals surface area contributed by atoms with Crippen LogP contribution in [0.5, 0.6) is 0 Å². The topological polar surface area (TPSA) is 75.6 Å². The fraction of sp³-hybridized carbons (Fsp3) is 0.300. The summed E-state index contributed by atoms with van der Waals surface area (Å²) in [4.78, 5) is 23.8. The summed E-state index contributed by atoms with van der Waals surface area (Å²) in [6, 6.07) is 14.0. The molecule has 0 heterocycles. The van der Waals surface area contributed by atoms with Gasteiger partial charge in [0.2, 0.25) is 0 Å². The molecule has 0 fully saturated rings. The van der Waals surface area contributed by atoms with Crippen LogP contribution >= 0.6 is 0 Å². The maximum Gasteiger partial charge on any atom is 0.338 e. The van der Waals surface area contributed by atoms with Gasteiger partial charge >= 0.3 is 5.97 Å². The van der Waals surface area contributed by atoms with Crippen LogP contribution in [0.25, 0.3) is 0 Å². The summed E-state index contributed by atoms with van der Waals surface area (Å²) in [5.74, 6) is -0.962. The molecule has 2 aromatic carbocycles.